The van der Waals surface area contributed by atoms with Crippen molar-refractivity contribution in [2.24, 2.45) is 5.73 Å². The van der Waals surface area contributed by atoms with Crippen LogP contribution in [0.4, 0.5) is 0 Å². The third-order valence-electron chi connectivity index (χ3n) is 4.43. The topological polar surface area (TPSA) is 69.9 Å². The number of nitrogens with zero attached hydrogens (tertiary/aromatic N) is 3. The van der Waals surface area contributed by atoms with Crippen molar-refractivity contribution in [3.63, 3.8) is 0 Å². The smallest absolute Gasteiger partial charge is 0.175 e. The summed E-state index contributed by atoms with van der Waals surface area (Å²) >= 11 is 1.52. The van der Waals surface area contributed by atoms with Crippen molar-refractivity contribution in [3.05, 3.63) is 61.0 Å². The van der Waals surface area contributed by atoms with Gasteiger partial charge < -0.3 is 10.3 Å². The van der Waals surface area contributed by atoms with Crippen LogP contribution in [0, 0.1) is 0 Å². The molecule has 3 heterocycles. The average molecular weight is 379 g/mol. The lowest BCUT2D eigenvalue weighted by Crippen LogP contribution is -2.10. The van der Waals surface area contributed by atoms with E-state index in [2.05, 4.69) is 32.5 Å². The molecule has 6 heteroatoms. The van der Waals surface area contributed by atoms with Crippen LogP contribution in [0.1, 0.15) is 26.5 Å². The molecule has 2 N–H and O–H groups in total. The first-order valence-corrected chi connectivity index (χ1v) is 9.66. The molecule has 1 aromatic carbocycles. The predicted octanol–water partition coefficient (Wildman–Crippen LogP) is 4.92. The maximum Gasteiger partial charge on any atom is 0.175 e. The summed E-state index contributed by atoms with van der Waals surface area (Å²) in [6.45, 7) is 10.4. The third-order valence-corrected chi connectivity index (χ3v) is 5.36. The molecule has 0 fully saturated rings. The van der Waals surface area contributed by atoms with Crippen LogP contribution in [-0.4, -0.2) is 20.1 Å². The molecule has 1 atom stereocenters. The van der Waals surface area contributed by atoms with Crippen molar-refractivity contribution in [3.8, 4) is 22.5 Å². The van der Waals surface area contributed by atoms with Gasteiger partial charge in [-0.15, -0.1) is 0 Å². The van der Waals surface area contributed by atoms with Crippen LogP contribution in [0.3, 0.4) is 0 Å². The molecular weight excluding hydrogens is 356 g/mol. The van der Waals surface area contributed by atoms with Gasteiger partial charge >= 0.3 is 0 Å². The van der Waals surface area contributed by atoms with E-state index in [1.54, 1.807) is 0 Å². The van der Waals surface area contributed by atoms with Crippen LogP contribution in [0.5, 0.6) is 0 Å². The van der Waals surface area contributed by atoms with Gasteiger partial charge in [0, 0.05) is 34.5 Å². The van der Waals surface area contributed by atoms with Crippen molar-refractivity contribution in [2.75, 3.05) is 0 Å². The molecule has 3 aromatic rings. The summed E-state index contributed by atoms with van der Waals surface area (Å²) in [5, 5.41) is 4.94. The molecule has 1 aliphatic rings. The Bertz CT molecular complexity index is 1020. The third kappa shape index (κ3) is 3.50. The summed E-state index contributed by atoms with van der Waals surface area (Å²) in [4.78, 5) is 4.73. The summed E-state index contributed by atoms with van der Waals surface area (Å²) in [6.07, 6.45) is 5.86. The highest BCUT2D eigenvalue weighted by Crippen LogP contribution is 2.32. The van der Waals surface area contributed by atoms with Crippen molar-refractivity contribution in [1.29, 1.82) is 0 Å². The molecule has 1 unspecified atom stereocenters. The van der Waals surface area contributed by atoms with Gasteiger partial charge in [-0.05, 0) is 6.08 Å². The van der Waals surface area contributed by atoms with E-state index in [4.69, 9.17) is 15.2 Å². The summed E-state index contributed by atoms with van der Waals surface area (Å²) in [7, 11) is 0. The number of fused-ring (bicyclic) bond motifs is 1. The second kappa shape index (κ2) is 6.55. The lowest BCUT2D eigenvalue weighted by Gasteiger charge is -2.12. The molecule has 1 aliphatic heterocycles. The van der Waals surface area contributed by atoms with Crippen molar-refractivity contribution in [1.82, 2.24) is 14.7 Å². The molecule has 27 heavy (non-hydrogen) atoms. The first kappa shape index (κ1) is 17.8. The summed E-state index contributed by atoms with van der Waals surface area (Å²) in [6, 6.07) is 10.2. The van der Waals surface area contributed by atoms with Crippen molar-refractivity contribution < 1.29 is 4.52 Å². The number of nitrogens with two attached hydrogens (primary N) is 1. The fraction of sp³-hybridized carbons (Fsp3) is 0.238. The first-order chi connectivity index (χ1) is 12.8. The lowest BCUT2D eigenvalue weighted by molar-refractivity contribution is 0.330. The first-order valence-electron chi connectivity index (χ1n) is 8.78. The van der Waals surface area contributed by atoms with Gasteiger partial charge in [0.15, 0.2) is 5.16 Å². The Morgan fingerprint density at radius 1 is 1.15 bits per heavy atom. The van der Waals surface area contributed by atoms with Crippen LogP contribution >= 0.6 is 11.8 Å². The van der Waals surface area contributed by atoms with E-state index in [1.807, 2.05) is 53.2 Å². The Balaban J connectivity index is 1.63. The zero-order valence-electron chi connectivity index (χ0n) is 15.6. The molecule has 0 saturated carbocycles. The van der Waals surface area contributed by atoms with Crippen molar-refractivity contribution >= 4 is 17.5 Å². The Morgan fingerprint density at radius 2 is 1.81 bits per heavy atom. The van der Waals surface area contributed by atoms with Gasteiger partial charge in [0.2, 0.25) is 0 Å². The standard InChI is InChI=1S/C21H22N4OS/c1-13-5-10-19(22)27-20-23-17(12-25(13)20)15-8-6-14(7-9-15)16-11-18(26-24-16)21(2,3)4/h5-12,19H,1,22H2,2-4H3. The number of rotatable bonds is 2. The fourth-order valence-electron chi connectivity index (χ4n) is 2.81. The van der Waals surface area contributed by atoms with Crippen LogP contribution in [0.15, 0.2) is 64.9 Å². The van der Waals surface area contributed by atoms with Crippen LogP contribution in [0.2, 0.25) is 0 Å². The monoisotopic (exact) mass is 378 g/mol. The average Bonchev–Trinajstić information content (AvgIpc) is 3.25. The minimum atomic E-state index is -0.121. The largest absolute Gasteiger partial charge is 0.360 e. The second-order valence-electron chi connectivity index (χ2n) is 7.62. The van der Waals surface area contributed by atoms with Gasteiger partial charge in [-0.2, -0.15) is 0 Å². The molecule has 0 aliphatic carbocycles. The molecule has 0 saturated heterocycles. The van der Waals surface area contributed by atoms with E-state index in [-0.39, 0.29) is 10.8 Å². The molecule has 5 nitrogen and oxygen atoms in total. The van der Waals surface area contributed by atoms with E-state index in [0.29, 0.717) is 0 Å². The molecule has 0 radical (unpaired) electrons. The van der Waals surface area contributed by atoms with Gasteiger partial charge in [0.1, 0.15) is 11.5 Å². The van der Waals surface area contributed by atoms with Gasteiger partial charge in [-0.25, -0.2) is 4.98 Å². The number of hydrogen-bond acceptors (Lipinski definition) is 5. The molecule has 0 amide bonds. The van der Waals surface area contributed by atoms with E-state index in [1.165, 1.54) is 11.8 Å². The van der Waals surface area contributed by atoms with Crippen LogP contribution in [-0.2, 0) is 5.41 Å². The molecule has 4 rings (SSSR count). The van der Waals surface area contributed by atoms with E-state index < -0.39 is 0 Å². The van der Waals surface area contributed by atoms with Gasteiger partial charge in [0.25, 0.3) is 0 Å². The predicted molar refractivity (Wildman–Crippen MR) is 110 cm³/mol. The molecular formula is C21H22N4OS. The second-order valence-corrected chi connectivity index (χ2v) is 8.76. The van der Waals surface area contributed by atoms with Crippen molar-refractivity contribution in [2.45, 2.75) is 36.7 Å². The SMILES string of the molecule is C=C1C=CC(N)Sc2nc(-c3ccc(-c4cc(C(C)(C)C)on4)cc3)cn21. The Kier molecular flexibility index (Phi) is 4.32. The number of aromatic nitrogens is 3. The Morgan fingerprint density at radius 3 is 2.44 bits per heavy atom. The minimum Gasteiger partial charge on any atom is -0.360 e. The summed E-state index contributed by atoms with van der Waals surface area (Å²) < 4.78 is 7.47. The molecule has 138 valence electrons. The highest BCUT2D eigenvalue weighted by molar-refractivity contribution is 7.99. The quantitative estimate of drug-likeness (QED) is 0.685. The molecule has 2 aromatic heterocycles. The number of imidazole rings is 1. The summed E-state index contributed by atoms with van der Waals surface area (Å²) in [5.74, 6) is 0.874. The summed E-state index contributed by atoms with van der Waals surface area (Å²) in [5.41, 5.74) is 10.6. The number of hydrogen-bond donors (Lipinski definition) is 1. The highest BCUT2D eigenvalue weighted by Gasteiger charge is 2.20. The number of benzene rings is 1. The number of allylic oxidation sites excluding steroid dienone is 2. The van der Waals surface area contributed by atoms with Gasteiger partial charge in [-0.1, -0.05) is 74.6 Å². The normalized spacial score (nSPS) is 17.0. The zero-order chi connectivity index (χ0) is 19.2. The maximum absolute atomic E-state index is 6.04. The van der Waals surface area contributed by atoms with Crippen LogP contribution in [0.25, 0.3) is 28.2 Å². The van der Waals surface area contributed by atoms with E-state index in [0.717, 1.165) is 39.1 Å². The lowest BCUT2D eigenvalue weighted by atomic mass is 9.93. The van der Waals surface area contributed by atoms with Gasteiger partial charge in [-0.3, -0.25) is 4.57 Å². The zero-order valence-corrected chi connectivity index (χ0v) is 16.5. The van der Waals surface area contributed by atoms with E-state index >= 15 is 0 Å². The number of thioether (sulfide) groups is 1. The van der Waals surface area contributed by atoms with Crippen LogP contribution < -0.4 is 5.73 Å². The fourth-order valence-corrected chi connectivity index (χ4v) is 3.65. The molecule has 0 bridgehead atoms. The molecule has 0 spiro atoms. The highest BCUT2D eigenvalue weighted by atomic mass is 32.2. The maximum atomic E-state index is 6.04. The minimum absolute atomic E-state index is 0.0607. The Hall–Kier alpha value is -2.57. The Labute approximate surface area is 163 Å². The van der Waals surface area contributed by atoms with E-state index in [9.17, 15) is 0 Å². The van der Waals surface area contributed by atoms with Gasteiger partial charge in [0.05, 0.1) is 11.1 Å².